The molecule has 1 aliphatic rings. The fourth-order valence-electron chi connectivity index (χ4n) is 4.63. The predicted octanol–water partition coefficient (Wildman–Crippen LogP) is 6.85. The van der Waals surface area contributed by atoms with E-state index in [9.17, 15) is 27.6 Å². The molecule has 0 radical (unpaired) electrons. The molecule has 1 amide bonds. The summed E-state index contributed by atoms with van der Waals surface area (Å²) in [5, 5.41) is 5.92. The minimum Gasteiger partial charge on any atom is -0.370 e. The van der Waals surface area contributed by atoms with Gasteiger partial charge in [-0.25, -0.2) is 0 Å². The summed E-state index contributed by atoms with van der Waals surface area (Å²) in [5.74, 6) is -2.85. The molecular formula is C29H21ClF3N3O3. The molecule has 5 rings (SSSR count). The molecule has 0 aliphatic carbocycles. The number of nitrogens with zero attached hydrogens (tertiary/aromatic N) is 1. The zero-order valence-electron chi connectivity index (χ0n) is 20.5. The maximum absolute atomic E-state index is 13.8. The number of fused-ring (bicyclic) bond motifs is 2. The number of para-hydroxylation sites is 1. The monoisotopic (exact) mass is 551 g/mol. The molecule has 0 saturated carbocycles. The Morgan fingerprint density at radius 1 is 0.949 bits per heavy atom. The van der Waals surface area contributed by atoms with Crippen molar-refractivity contribution in [2.75, 3.05) is 10.6 Å². The van der Waals surface area contributed by atoms with Crippen molar-refractivity contribution < 1.29 is 27.6 Å². The quantitative estimate of drug-likeness (QED) is 0.266. The van der Waals surface area contributed by atoms with Gasteiger partial charge >= 0.3 is 6.18 Å². The molecule has 1 aromatic heterocycles. The van der Waals surface area contributed by atoms with E-state index in [1.165, 1.54) is 28.8 Å². The molecule has 3 aromatic carbocycles. The highest BCUT2D eigenvalue weighted by molar-refractivity contribution is 6.34. The van der Waals surface area contributed by atoms with Gasteiger partial charge in [-0.15, -0.1) is 0 Å². The zero-order valence-corrected chi connectivity index (χ0v) is 21.2. The first-order chi connectivity index (χ1) is 18.5. The molecule has 1 atom stereocenters. The second kappa shape index (κ2) is 10.1. The Bertz CT molecular complexity index is 1630. The predicted molar refractivity (Wildman–Crippen MR) is 142 cm³/mol. The van der Waals surface area contributed by atoms with E-state index in [1.807, 2.05) is 19.1 Å². The third kappa shape index (κ3) is 5.05. The van der Waals surface area contributed by atoms with Crippen LogP contribution in [0.3, 0.4) is 0 Å². The maximum Gasteiger partial charge on any atom is 0.456 e. The van der Waals surface area contributed by atoms with Crippen LogP contribution in [0.2, 0.25) is 5.02 Å². The lowest BCUT2D eigenvalue weighted by Crippen LogP contribution is -2.27. The van der Waals surface area contributed by atoms with Crippen molar-refractivity contribution in [3.63, 3.8) is 0 Å². The molecule has 10 heteroatoms. The smallest absolute Gasteiger partial charge is 0.370 e. The summed E-state index contributed by atoms with van der Waals surface area (Å²) >= 11 is 6.48. The number of halogens is 4. The summed E-state index contributed by atoms with van der Waals surface area (Å²) < 4.78 is 41.2. The number of aromatic nitrogens is 1. The van der Waals surface area contributed by atoms with Crippen molar-refractivity contribution in [2.45, 2.75) is 25.7 Å². The number of benzene rings is 3. The van der Waals surface area contributed by atoms with Gasteiger partial charge in [0.05, 0.1) is 17.3 Å². The highest BCUT2D eigenvalue weighted by atomic mass is 35.5. The maximum atomic E-state index is 13.8. The average molecular weight is 552 g/mol. The van der Waals surface area contributed by atoms with E-state index < -0.39 is 29.5 Å². The number of Topliss-reactive ketones (excluding diaryl/α,β-unsaturated/α-hetero) is 2. The van der Waals surface area contributed by atoms with Crippen LogP contribution in [0.4, 0.5) is 24.5 Å². The van der Waals surface area contributed by atoms with Gasteiger partial charge in [-0.1, -0.05) is 48.0 Å². The molecule has 39 heavy (non-hydrogen) atoms. The number of hydrogen-bond donors (Lipinski definition) is 2. The van der Waals surface area contributed by atoms with Gasteiger partial charge in [0.25, 0.3) is 11.7 Å². The van der Waals surface area contributed by atoms with Gasteiger partial charge in [-0.2, -0.15) is 13.2 Å². The van der Waals surface area contributed by atoms with Crippen molar-refractivity contribution in [3.05, 3.63) is 118 Å². The van der Waals surface area contributed by atoms with Crippen LogP contribution in [0, 0.1) is 6.92 Å². The van der Waals surface area contributed by atoms with E-state index in [2.05, 4.69) is 10.6 Å². The largest absolute Gasteiger partial charge is 0.456 e. The third-order valence-electron chi connectivity index (χ3n) is 6.59. The average Bonchev–Trinajstić information content (AvgIpc) is 3.22. The van der Waals surface area contributed by atoms with Gasteiger partial charge in [0.15, 0.2) is 5.78 Å². The van der Waals surface area contributed by atoms with E-state index in [1.54, 1.807) is 36.4 Å². The molecule has 0 saturated heterocycles. The Kier molecular flexibility index (Phi) is 6.78. The Morgan fingerprint density at radius 3 is 2.38 bits per heavy atom. The second-order valence-electron chi connectivity index (χ2n) is 9.12. The molecule has 198 valence electrons. The van der Waals surface area contributed by atoms with Crippen molar-refractivity contribution in [1.29, 1.82) is 0 Å². The fraction of sp³-hybridized carbons (Fsp3) is 0.138. The van der Waals surface area contributed by atoms with Gasteiger partial charge in [0, 0.05) is 28.2 Å². The minimum atomic E-state index is -5.07. The van der Waals surface area contributed by atoms with Crippen molar-refractivity contribution in [2.24, 2.45) is 0 Å². The summed E-state index contributed by atoms with van der Waals surface area (Å²) in [6.07, 6.45) is -5.07. The lowest BCUT2D eigenvalue weighted by atomic mass is 10.0. The highest BCUT2D eigenvalue weighted by Gasteiger charge is 2.42. The van der Waals surface area contributed by atoms with Crippen molar-refractivity contribution in [3.8, 4) is 0 Å². The molecule has 0 spiro atoms. The van der Waals surface area contributed by atoms with Crippen LogP contribution in [0.15, 0.2) is 78.9 Å². The molecule has 2 heterocycles. The minimum absolute atomic E-state index is 0.0377. The highest BCUT2D eigenvalue weighted by Crippen LogP contribution is 2.35. The first kappa shape index (κ1) is 26.2. The fourth-order valence-corrected chi connectivity index (χ4v) is 4.90. The van der Waals surface area contributed by atoms with E-state index >= 15 is 0 Å². The van der Waals surface area contributed by atoms with Crippen LogP contribution in [0.1, 0.15) is 54.1 Å². The lowest BCUT2D eigenvalue weighted by Gasteiger charge is -2.19. The lowest BCUT2D eigenvalue weighted by molar-refractivity contribution is -0.0890. The van der Waals surface area contributed by atoms with Crippen molar-refractivity contribution >= 4 is 40.4 Å². The number of hydrogen-bond acceptors (Lipinski definition) is 4. The van der Waals surface area contributed by atoms with Crippen LogP contribution in [-0.2, 0) is 6.54 Å². The van der Waals surface area contributed by atoms with Gasteiger partial charge in [0.2, 0.25) is 0 Å². The second-order valence-corrected chi connectivity index (χ2v) is 9.53. The Morgan fingerprint density at radius 2 is 1.67 bits per heavy atom. The Hall–Kier alpha value is -4.37. The first-order valence-electron chi connectivity index (χ1n) is 11.9. The normalized spacial score (nSPS) is 14.4. The number of amides is 1. The standard InChI is InChI=1S/C29H21ClF3N3O3/c1-16-6-2-4-8-19(16)28(39)34-18-10-11-20(21(30)14-18)26(37)25-23-12-13-24(27(38)29(31,32)33)36(23)15-17-7-3-5-9-22(17)35-25/h2-14,25,35H,15H2,1H3,(H,34,39). The van der Waals surface area contributed by atoms with Gasteiger partial charge in [0.1, 0.15) is 6.04 Å². The summed E-state index contributed by atoms with van der Waals surface area (Å²) in [6.45, 7) is 1.77. The topological polar surface area (TPSA) is 80.2 Å². The SMILES string of the molecule is Cc1ccccc1C(=O)Nc1ccc(C(=O)C2Nc3ccccc3Cn3c(C(=O)C(F)(F)F)ccc32)c(Cl)c1. The molecule has 0 fully saturated rings. The molecule has 1 unspecified atom stereocenters. The third-order valence-corrected chi connectivity index (χ3v) is 6.90. The number of carbonyl (C=O) groups is 3. The van der Waals surface area contributed by atoms with Gasteiger partial charge in [-0.05, 0) is 60.5 Å². The van der Waals surface area contributed by atoms with E-state index in [4.69, 9.17) is 11.6 Å². The van der Waals surface area contributed by atoms with Gasteiger partial charge in [-0.3, -0.25) is 14.4 Å². The zero-order chi connectivity index (χ0) is 27.9. The van der Waals surface area contributed by atoms with E-state index in [0.717, 1.165) is 11.6 Å². The van der Waals surface area contributed by atoms with Crippen LogP contribution < -0.4 is 10.6 Å². The number of rotatable bonds is 5. The number of aryl methyl sites for hydroxylation is 1. The molecule has 2 N–H and O–H groups in total. The van der Waals surface area contributed by atoms with E-state index in [0.29, 0.717) is 22.5 Å². The van der Waals surface area contributed by atoms with Crippen LogP contribution in [0.5, 0.6) is 0 Å². The van der Waals surface area contributed by atoms with E-state index in [-0.39, 0.29) is 28.7 Å². The van der Waals surface area contributed by atoms with Crippen LogP contribution >= 0.6 is 11.6 Å². The van der Waals surface area contributed by atoms with Crippen LogP contribution in [0.25, 0.3) is 0 Å². The van der Waals surface area contributed by atoms with Crippen molar-refractivity contribution in [1.82, 2.24) is 4.57 Å². The summed E-state index contributed by atoms with van der Waals surface area (Å²) in [4.78, 5) is 38.6. The summed E-state index contributed by atoms with van der Waals surface area (Å²) in [6, 6.07) is 19.6. The number of carbonyl (C=O) groups excluding carboxylic acids is 3. The summed E-state index contributed by atoms with van der Waals surface area (Å²) in [5.41, 5.74) is 2.53. The molecule has 1 aliphatic heterocycles. The number of nitrogens with one attached hydrogen (secondary N) is 2. The number of alkyl halides is 3. The van der Waals surface area contributed by atoms with Crippen LogP contribution in [-0.4, -0.2) is 28.2 Å². The summed E-state index contributed by atoms with van der Waals surface area (Å²) in [7, 11) is 0. The molecular weight excluding hydrogens is 531 g/mol. The first-order valence-corrected chi connectivity index (χ1v) is 12.3. The van der Waals surface area contributed by atoms with Gasteiger partial charge < -0.3 is 15.2 Å². The Labute approximate surface area is 226 Å². The number of anilines is 2. The Balaban J connectivity index is 1.49. The molecule has 4 aromatic rings. The molecule has 6 nitrogen and oxygen atoms in total. The molecule has 0 bridgehead atoms. The number of ketones is 2.